The molecule has 0 radical (unpaired) electrons. The highest BCUT2D eigenvalue weighted by atomic mass is 79.9. The molecule has 0 aliphatic heterocycles. The number of ether oxygens (including phenoxy) is 2. The first-order valence-electron chi connectivity index (χ1n) is 6.41. The number of rotatable bonds is 7. The van der Waals surface area contributed by atoms with Crippen molar-refractivity contribution in [3.8, 4) is 11.5 Å². The zero-order valence-corrected chi connectivity index (χ0v) is 13.9. The Morgan fingerprint density at radius 3 is 2.30 bits per heavy atom. The molecule has 1 aromatic rings. The number of aryl methyl sites for hydroxylation is 1. The van der Waals surface area contributed by atoms with Gasteiger partial charge in [-0.05, 0) is 36.0 Å². The molecule has 20 heavy (non-hydrogen) atoms. The molecule has 0 aliphatic rings. The average molecular weight is 345 g/mol. The molecule has 5 heteroatoms. The van der Waals surface area contributed by atoms with E-state index in [2.05, 4.69) is 15.9 Å². The van der Waals surface area contributed by atoms with Crippen molar-refractivity contribution in [1.29, 1.82) is 0 Å². The molecule has 4 nitrogen and oxygen atoms in total. The zero-order chi connectivity index (χ0) is 15.3. The monoisotopic (exact) mass is 344 g/mol. The van der Waals surface area contributed by atoms with E-state index in [0.717, 1.165) is 22.9 Å². The predicted molar refractivity (Wildman–Crippen MR) is 81.6 cm³/mol. The van der Waals surface area contributed by atoms with E-state index < -0.39 is 5.97 Å². The number of benzene rings is 1. The molecule has 0 spiro atoms. The third-order valence-corrected chi connectivity index (χ3v) is 3.99. The highest BCUT2D eigenvalue weighted by Gasteiger charge is 2.22. The Balaban J connectivity index is 2.85. The third kappa shape index (κ3) is 4.71. The fraction of sp³-hybridized carbons (Fsp3) is 0.533. The molecular formula is C15H21BrO4. The summed E-state index contributed by atoms with van der Waals surface area (Å²) in [6.07, 6.45) is 1.73. The van der Waals surface area contributed by atoms with Crippen molar-refractivity contribution in [2.75, 3.05) is 14.2 Å². The smallest absolute Gasteiger partial charge is 0.303 e. The molecule has 1 aromatic carbocycles. The first-order valence-corrected chi connectivity index (χ1v) is 7.20. The van der Waals surface area contributed by atoms with Gasteiger partial charge in [0.2, 0.25) is 0 Å². The summed E-state index contributed by atoms with van der Waals surface area (Å²) in [5, 5.41) is 8.91. The van der Waals surface area contributed by atoms with Gasteiger partial charge >= 0.3 is 5.97 Å². The van der Waals surface area contributed by atoms with Crippen LogP contribution in [0.3, 0.4) is 0 Å². The highest BCUT2D eigenvalue weighted by molar-refractivity contribution is 9.10. The summed E-state index contributed by atoms with van der Waals surface area (Å²) in [6, 6.07) is 3.80. The molecule has 0 heterocycles. The molecule has 0 saturated carbocycles. The van der Waals surface area contributed by atoms with Crippen molar-refractivity contribution in [2.24, 2.45) is 5.41 Å². The van der Waals surface area contributed by atoms with Gasteiger partial charge in [0.15, 0.2) is 11.5 Å². The molecule has 0 amide bonds. The summed E-state index contributed by atoms with van der Waals surface area (Å²) in [4.78, 5) is 10.8. The minimum atomic E-state index is -0.763. The van der Waals surface area contributed by atoms with Crippen LogP contribution in [0.25, 0.3) is 0 Å². The highest BCUT2D eigenvalue weighted by Crippen LogP contribution is 2.35. The molecular weight excluding hydrogens is 324 g/mol. The lowest BCUT2D eigenvalue weighted by atomic mass is 9.83. The fourth-order valence-corrected chi connectivity index (χ4v) is 2.58. The van der Waals surface area contributed by atoms with Crippen LogP contribution in [0.2, 0.25) is 0 Å². The van der Waals surface area contributed by atoms with Crippen LogP contribution in [0.1, 0.15) is 32.3 Å². The SMILES string of the molecule is COc1cc(Br)c(CCC(C)(C)CC(=O)O)cc1OC. The molecule has 0 aliphatic carbocycles. The summed E-state index contributed by atoms with van der Waals surface area (Å²) in [7, 11) is 3.20. The maximum absolute atomic E-state index is 10.8. The van der Waals surface area contributed by atoms with E-state index >= 15 is 0 Å². The lowest BCUT2D eigenvalue weighted by Gasteiger charge is -2.22. The van der Waals surface area contributed by atoms with Gasteiger partial charge in [0.1, 0.15) is 0 Å². The Morgan fingerprint density at radius 1 is 1.25 bits per heavy atom. The molecule has 0 bridgehead atoms. The zero-order valence-electron chi connectivity index (χ0n) is 12.3. The van der Waals surface area contributed by atoms with E-state index in [1.165, 1.54) is 0 Å². The Morgan fingerprint density at radius 2 is 1.80 bits per heavy atom. The van der Waals surface area contributed by atoms with E-state index in [1.807, 2.05) is 26.0 Å². The van der Waals surface area contributed by atoms with E-state index in [4.69, 9.17) is 14.6 Å². The van der Waals surface area contributed by atoms with Gasteiger partial charge < -0.3 is 14.6 Å². The van der Waals surface area contributed by atoms with E-state index in [-0.39, 0.29) is 11.8 Å². The van der Waals surface area contributed by atoms with E-state index in [0.29, 0.717) is 11.5 Å². The molecule has 112 valence electrons. The van der Waals surface area contributed by atoms with Gasteiger partial charge in [-0.1, -0.05) is 29.8 Å². The van der Waals surface area contributed by atoms with Gasteiger partial charge in [0.25, 0.3) is 0 Å². The number of methoxy groups -OCH3 is 2. The minimum absolute atomic E-state index is 0.165. The summed E-state index contributed by atoms with van der Waals surface area (Å²) < 4.78 is 11.5. The Bertz CT molecular complexity index is 483. The Hall–Kier alpha value is -1.23. The van der Waals surface area contributed by atoms with Crippen molar-refractivity contribution in [3.05, 3.63) is 22.2 Å². The molecule has 1 N–H and O–H groups in total. The number of halogens is 1. The average Bonchev–Trinajstić information content (AvgIpc) is 2.35. The van der Waals surface area contributed by atoms with Gasteiger partial charge in [-0.2, -0.15) is 0 Å². The predicted octanol–water partition coefficient (Wildman–Crippen LogP) is 3.90. The van der Waals surface area contributed by atoms with Crippen LogP contribution in [-0.2, 0) is 11.2 Å². The number of aliphatic carboxylic acids is 1. The van der Waals surface area contributed by atoms with Gasteiger partial charge in [0.05, 0.1) is 20.6 Å². The van der Waals surface area contributed by atoms with Gasteiger partial charge in [-0.3, -0.25) is 4.79 Å². The number of hydrogen-bond donors (Lipinski definition) is 1. The van der Waals surface area contributed by atoms with Gasteiger partial charge in [-0.25, -0.2) is 0 Å². The van der Waals surface area contributed by atoms with Gasteiger partial charge in [0, 0.05) is 4.47 Å². The molecule has 0 atom stereocenters. The van der Waals surface area contributed by atoms with Crippen LogP contribution in [-0.4, -0.2) is 25.3 Å². The number of carboxylic acid groups (broad SMARTS) is 1. The number of carbonyl (C=O) groups is 1. The van der Waals surface area contributed by atoms with E-state index in [9.17, 15) is 4.79 Å². The molecule has 1 rings (SSSR count). The lowest BCUT2D eigenvalue weighted by Crippen LogP contribution is -2.17. The van der Waals surface area contributed by atoms with Crippen LogP contribution in [0.4, 0.5) is 0 Å². The minimum Gasteiger partial charge on any atom is -0.493 e. The lowest BCUT2D eigenvalue weighted by molar-refractivity contribution is -0.139. The standard InChI is InChI=1S/C15H21BrO4/c1-15(2,9-14(17)18)6-5-10-7-12(19-3)13(20-4)8-11(10)16/h7-8H,5-6,9H2,1-4H3,(H,17,18). The van der Waals surface area contributed by atoms with Crippen LogP contribution in [0.5, 0.6) is 11.5 Å². The first kappa shape index (κ1) is 16.8. The Kier molecular flexibility index (Phi) is 5.87. The molecule has 0 unspecified atom stereocenters. The van der Waals surface area contributed by atoms with E-state index in [1.54, 1.807) is 14.2 Å². The topological polar surface area (TPSA) is 55.8 Å². The summed E-state index contributed by atoms with van der Waals surface area (Å²) >= 11 is 3.52. The Labute approximate surface area is 128 Å². The van der Waals surface area contributed by atoms with Crippen molar-refractivity contribution < 1.29 is 19.4 Å². The van der Waals surface area contributed by atoms with Crippen LogP contribution in [0, 0.1) is 5.41 Å². The summed E-state index contributed by atoms with van der Waals surface area (Å²) in [5.41, 5.74) is 0.847. The second-order valence-corrected chi connectivity index (χ2v) is 6.39. The van der Waals surface area contributed by atoms with Crippen molar-refractivity contribution >= 4 is 21.9 Å². The second kappa shape index (κ2) is 6.97. The largest absolute Gasteiger partial charge is 0.493 e. The molecule has 0 fully saturated rings. The maximum Gasteiger partial charge on any atom is 0.303 e. The van der Waals surface area contributed by atoms with Crippen molar-refractivity contribution in [1.82, 2.24) is 0 Å². The number of carboxylic acids is 1. The quantitative estimate of drug-likeness (QED) is 0.814. The van der Waals surface area contributed by atoms with Crippen LogP contribution in [0.15, 0.2) is 16.6 Å². The normalized spacial score (nSPS) is 11.2. The van der Waals surface area contributed by atoms with Crippen molar-refractivity contribution in [2.45, 2.75) is 33.1 Å². The summed E-state index contributed by atoms with van der Waals surface area (Å²) in [6.45, 7) is 3.94. The molecule has 0 aromatic heterocycles. The maximum atomic E-state index is 10.8. The van der Waals surface area contributed by atoms with Crippen molar-refractivity contribution in [3.63, 3.8) is 0 Å². The summed E-state index contributed by atoms with van der Waals surface area (Å²) in [5.74, 6) is 0.594. The second-order valence-electron chi connectivity index (χ2n) is 5.53. The van der Waals surface area contributed by atoms with Gasteiger partial charge in [-0.15, -0.1) is 0 Å². The van der Waals surface area contributed by atoms with Crippen LogP contribution < -0.4 is 9.47 Å². The first-order chi connectivity index (χ1) is 9.29. The van der Waals surface area contributed by atoms with Crippen LogP contribution >= 0.6 is 15.9 Å². The molecule has 0 saturated heterocycles. The number of hydrogen-bond acceptors (Lipinski definition) is 3. The third-order valence-electron chi connectivity index (χ3n) is 3.25. The fourth-order valence-electron chi connectivity index (χ4n) is 2.06.